The molecule has 7 aromatic rings. The zero-order chi connectivity index (χ0) is 21.1. The first-order chi connectivity index (χ1) is 15.9. The normalized spacial score (nSPS) is 11.4. The third-order valence-corrected chi connectivity index (χ3v) is 6.26. The average Bonchev–Trinajstić information content (AvgIpc) is 3.37. The van der Waals surface area contributed by atoms with Crippen LogP contribution >= 0.6 is 0 Å². The van der Waals surface area contributed by atoms with Crippen molar-refractivity contribution in [2.45, 2.75) is 0 Å². The third kappa shape index (κ3) is 2.88. The van der Waals surface area contributed by atoms with Gasteiger partial charge in [0.25, 0.3) is 0 Å². The molecule has 0 N–H and O–H groups in total. The second-order valence-electron chi connectivity index (χ2n) is 8.03. The van der Waals surface area contributed by atoms with Crippen molar-refractivity contribution in [1.29, 1.82) is 0 Å². The van der Waals surface area contributed by atoms with Crippen molar-refractivity contribution in [2.24, 2.45) is 0 Å². The molecule has 3 heterocycles. The first-order valence-corrected chi connectivity index (χ1v) is 10.7. The Labute approximate surface area is 204 Å². The minimum Gasteiger partial charge on any atom is -0.358 e. The van der Waals surface area contributed by atoms with Gasteiger partial charge in [0, 0.05) is 64.8 Å². The molecule has 0 fully saturated rings. The van der Waals surface area contributed by atoms with Gasteiger partial charge >= 0.3 is 0 Å². The molecule has 4 aromatic carbocycles. The molecular formula is C29H18IrN3-. The molecular weight excluding hydrogens is 583 g/mol. The van der Waals surface area contributed by atoms with Crippen LogP contribution in [0.4, 0.5) is 0 Å². The summed E-state index contributed by atoms with van der Waals surface area (Å²) in [6, 6.07) is 39.7. The standard InChI is InChI=1S/C29H18N3.Ir/c1-2-9-20(10-3-1)31-27-15-8-18-30-29(27)24-17-16-21(19-28(24)31)32-25-13-6-4-11-22(25)23-12-5-7-14-26(23)32;/h1-16,18-19H;/q-1;. The summed E-state index contributed by atoms with van der Waals surface area (Å²) in [4.78, 5) is 4.69. The van der Waals surface area contributed by atoms with Gasteiger partial charge in [0.1, 0.15) is 0 Å². The van der Waals surface area contributed by atoms with Gasteiger partial charge in [0.2, 0.25) is 0 Å². The Bertz CT molecular complexity index is 1720. The molecule has 0 unspecified atom stereocenters. The molecule has 0 atom stereocenters. The first-order valence-electron chi connectivity index (χ1n) is 10.7. The minimum atomic E-state index is 0. The molecule has 7 rings (SSSR count). The zero-order valence-electron chi connectivity index (χ0n) is 17.6. The predicted molar refractivity (Wildman–Crippen MR) is 132 cm³/mol. The molecule has 3 nitrogen and oxygen atoms in total. The molecule has 0 saturated heterocycles. The maximum atomic E-state index is 4.69. The molecule has 3 aromatic heterocycles. The van der Waals surface area contributed by atoms with E-state index in [1.807, 2.05) is 18.3 Å². The Hall–Kier alpha value is -3.72. The van der Waals surface area contributed by atoms with Gasteiger partial charge in [0.05, 0.1) is 0 Å². The number of hydrogen-bond donors (Lipinski definition) is 0. The first kappa shape index (κ1) is 19.9. The second kappa shape index (κ2) is 7.70. The van der Waals surface area contributed by atoms with Crippen molar-refractivity contribution < 1.29 is 20.1 Å². The Morgan fingerprint density at radius 3 is 1.91 bits per heavy atom. The largest absolute Gasteiger partial charge is 0.358 e. The Morgan fingerprint density at radius 2 is 1.18 bits per heavy atom. The third-order valence-electron chi connectivity index (χ3n) is 6.26. The number of pyridine rings is 1. The van der Waals surface area contributed by atoms with E-state index in [1.54, 1.807) is 0 Å². The summed E-state index contributed by atoms with van der Waals surface area (Å²) in [6.45, 7) is 0. The van der Waals surface area contributed by atoms with Crippen LogP contribution in [-0.4, -0.2) is 14.1 Å². The van der Waals surface area contributed by atoms with Gasteiger partial charge in [-0.05, 0) is 47.6 Å². The molecule has 4 heteroatoms. The van der Waals surface area contributed by atoms with E-state index in [9.17, 15) is 0 Å². The van der Waals surface area contributed by atoms with E-state index in [0.29, 0.717) is 0 Å². The smallest absolute Gasteiger partial charge is 0.0452 e. The molecule has 0 saturated carbocycles. The van der Waals surface area contributed by atoms with E-state index in [2.05, 4.69) is 111 Å². The van der Waals surface area contributed by atoms with Gasteiger partial charge in [-0.1, -0.05) is 66.0 Å². The number of para-hydroxylation sites is 3. The van der Waals surface area contributed by atoms with E-state index in [4.69, 9.17) is 0 Å². The van der Waals surface area contributed by atoms with Gasteiger partial charge < -0.3 is 14.1 Å². The molecule has 0 aliphatic carbocycles. The van der Waals surface area contributed by atoms with Crippen LogP contribution < -0.4 is 0 Å². The Kier molecular flexibility index (Phi) is 4.65. The minimum absolute atomic E-state index is 0. The fourth-order valence-electron chi connectivity index (χ4n) is 4.92. The van der Waals surface area contributed by atoms with Gasteiger partial charge in [-0.15, -0.1) is 12.1 Å². The van der Waals surface area contributed by atoms with Crippen LogP contribution in [-0.2, 0) is 20.1 Å². The van der Waals surface area contributed by atoms with E-state index in [-0.39, 0.29) is 20.1 Å². The SMILES string of the molecule is [Ir].[c-]1cc(-n2c3ccccc3c3ccccc32)cc2c1c1ncccc1n2-c1ccccc1. The van der Waals surface area contributed by atoms with Crippen molar-refractivity contribution in [3.05, 3.63) is 115 Å². The summed E-state index contributed by atoms with van der Waals surface area (Å²) >= 11 is 0. The van der Waals surface area contributed by atoms with Crippen LogP contribution in [0, 0.1) is 6.07 Å². The van der Waals surface area contributed by atoms with E-state index >= 15 is 0 Å². The summed E-state index contributed by atoms with van der Waals surface area (Å²) in [5.41, 5.74) is 7.76. The molecule has 0 spiro atoms. The van der Waals surface area contributed by atoms with E-state index in [0.717, 1.165) is 33.3 Å². The quantitative estimate of drug-likeness (QED) is 0.195. The van der Waals surface area contributed by atoms with Crippen molar-refractivity contribution >= 4 is 43.7 Å². The fourth-order valence-corrected chi connectivity index (χ4v) is 4.92. The second-order valence-corrected chi connectivity index (χ2v) is 8.03. The summed E-state index contributed by atoms with van der Waals surface area (Å²) in [7, 11) is 0. The van der Waals surface area contributed by atoms with Crippen LogP contribution in [0.3, 0.4) is 0 Å². The molecule has 0 aliphatic heterocycles. The monoisotopic (exact) mass is 601 g/mol. The summed E-state index contributed by atoms with van der Waals surface area (Å²) in [6.07, 6.45) is 1.85. The Balaban J connectivity index is 0.00000206. The average molecular weight is 601 g/mol. The van der Waals surface area contributed by atoms with Gasteiger partial charge in [0.15, 0.2) is 0 Å². The number of aromatic nitrogens is 3. The van der Waals surface area contributed by atoms with Crippen molar-refractivity contribution in [1.82, 2.24) is 14.1 Å². The molecule has 1 radical (unpaired) electrons. The topological polar surface area (TPSA) is 22.8 Å². The van der Waals surface area contributed by atoms with Crippen LogP contribution in [0.25, 0.3) is 55.1 Å². The van der Waals surface area contributed by atoms with Gasteiger partial charge in [-0.3, -0.25) is 0 Å². The van der Waals surface area contributed by atoms with Gasteiger partial charge in [-0.25, -0.2) is 0 Å². The molecule has 0 aliphatic rings. The number of rotatable bonds is 2. The van der Waals surface area contributed by atoms with Crippen LogP contribution in [0.2, 0.25) is 0 Å². The fraction of sp³-hybridized carbons (Fsp3) is 0. The summed E-state index contributed by atoms with van der Waals surface area (Å²) in [5.74, 6) is 0. The van der Waals surface area contributed by atoms with Crippen molar-refractivity contribution in [2.75, 3.05) is 0 Å². The molecule has 33 heavy (non-hydrogen) atoms. The maximum absolute atomic E-state index is 4.69. The van der Waals surface area contributed by atoms with Crippen molar-refractivity contribution in [3.8, 4) is 11.4 Å². The maximum Gasteiger partial charge on any atom is 0.0452 e. The van der Waals surface area contributed by atoms with Crippen LogP contribution in [0.1, 0.15) is 0 Å². The number of hydrogen-bond acceptors (Lipinski definition) is 1. The van der Waals surface area contributed by atoms with Crippen LogP contribution in [0.5, 0.6) is 0 Å². The number of fused-ring (bicyclic) bond motifs is 6. The zero-order valence-corrected chi connectivity index (χ0v) is 20.0. The predicted octanol–water partition coefficient (Wildman–Crippen LogP) is 7.07. The van der Waals surface area contributed by atoms with Crippen LogP contribution in [0.15, 0.2) is 109 Å². The molecule has 0 bridgehead atoms. The van der Waals surface area contributed by atoms with E-state index < -0.39 is 0 Å². The van der Waals surface area contributed by atoms with Gasteiger partial charge in [-0.2, -0.15) is 0 Å². The Morgan fingerprint density at radius 1 is 0.576 bits per heavy atom. The number of benzene rings is 4. The van der Waals surface area contributed by atoms with Crippen molar-refractivity contribution in [3.63, 3.8) is 0 Å². The summed E-state index contributed by atoms with van der Waals surface area (Å²) in [5, 5.41) is 3.55. The molecule has 159 valence electrons. The molecule has 0 amide bonds. The summed E-state index contributed by atoms with van der Waals surface area (Å²) < 4.78 is 4.62. The van der Waals surface area contributed by atoms with E-state index in [1.165, 1.54) is 21.8 Å². The number of nitrogens with zero attached hydrogens (tertiary/aromatic N) is 3.